The first-order chi connectivity index (χ1) is 13.7. The van der Waals surface area contributed by atoms with E-state index in [9.17, 15) is 9.59 Å². The molecule has 0 atom stereocenters. The molecule has 148 valence electrons. The van der Waals surface area contributed by atoms with Crippen LogP contribution in [0.3, 0.4) is 0 Å². The van der Waals surface area contributed by atoms with E-state index in [1.54, 1.807) is 12.1 Å². The van der Waals surface area contributed by atoms with Crippen molar-refractivity contribution in [3.63, 3.8) is 0 Å². The Hall–Kier alpha value is -3.02. The number of hydrogen-bond donors (Lipinski definition) is 1. The van der Waals surface area contributed by atoms with E-state index in [4.69, 9.17) is 9.47 Å². The molecular formula is C22H26N2O4. The van der Waals surface area contributed by atoms with Crippen LogP contribution in [0, 0.1) is 0 Å². The summed E-state index contributed by atoms with van der Waals surface area (Å²) in [5, 5.41) is 2.99. The number of benzene rings is 2. The number of nitrogens with zero attached hydrogens (tertiary/aromatic N) is 1. The third-order valence-electron chi connectivity index (χ3n) is 4.67. The van der Waals surface area contributed by atoms with Crippen LogP contribution in [-0.2, 0) is 4.79 Å². The molecule has 0 unspecified atom stereocenters. The summed E-state index contributed by atoms with van der Waals surface area (Å²) in [7, 11) is 0. The lowest BCUT2D eigenvalue weighted by Crippen LogP contribution is -2.47. The highest BCUT2D eigenvalue weighted by Gasteiger charge is 2.24. The highest BCUT2D eigenvalue weighted by atomic mass is 16.5. The van der Waals surface area contributed by atoms with Gasteiger partial charge in [-0.2, -0.15) is 0 Å². The third-order valence-corrected chi connectivity index (χ3v) is 4.67. The molecule has 0 aromatic heterocycles. The normalized spacial score (nSPS) is 14.4. The monoisotopic (exact) mass is 382 g/mol. The van der Waals surface area contributed by atoms with Crippen molar-refractivity contribution in [3.05, 3.63) is 60.2 Å². The number of likely N-dealkylation sites (tertiary alicyclic amines) is 1. The maximum absolute atomic E-state index is 12.6. The molecule has 1 saturated heterocycles. The summed E-state index contributed by atoms with van der Waals surface area (Å²) in [6.07, 6.45) is 1.47. The Balaban J connectivity index is 1.42. The van der Waals surface area contributed by atoms with Crippen LogP contribution in [0.25, 0.3) is 0 Å². The van der Waals surface area contributed by atoms with Gasteiger partial charge in [-0.1, -0.05) is 18.2 Å². The average molecular weight is 382 g/mol. The molecular weight excluding hydrogens is 356 g/mol. The molecule has 3 rings (SSSR count). The lowest BCUT2D eigenvalue weighted by atomic mass is 10.0. The number of para-hydroxylation sites is 1. The summed E-state index contributed by atoms with van der Waals surface area (Å²) >= 11 is 0. The van der Waals surface area contributed by atoms with Crippen LogP contribution in [0.2, 0.25) is 0 Å². The second kappa shape index (κ2) is 9.78. The van der Waals surface area contributed by atoms with Crippen LogP contribution in [0.4, 0.5) is 0 Å². The third kappa shape index (κ3) is 5.49. The molecule has 0 spiro atoms. The number of ether oxygens (including phenoxy) is 2. The topological polar surface area (TPSA) is 67.9 Å². The van der Waals surface area contributed by atoms with Crippen molar-refractivity contribution in [1.29, 1.82) is 0 Å². The van der Waals surface area contributed by atoms with E-state index in [-0.39, 0.29) is 24.5 Å². The van der Waals surface area contributed by atoms with E-state index in [0.717, 1.165) is 18.6 Å². The van der Waals surface area contributed by atoms with Crippen LogP contribution < -0.4 is 14.8 Å². The molecule has 2 aromatic rings. The Bertz CT molecular complexity index is 769. The molecule has 2 amide bonds. The van der Waals surface area contributed by atoms with Gasteiger partial charge >= 0.3 is 0 Å². The highest BCUT2D eigenvalue weighted by molar-refractivity contribution is 5.94. The van der Waals surface area contributed by atoms with E-state index in [1.807, 2.05) is 54.3 Å². The van der Waals surface area contributed by atoms with Gasteiger partial charge in [-0.15, -0.1) is 0 Å². The SMILES string of the molecule is CCOc1ccc(C(=O)N2CCC(NC(=O)COc3ccccc3)CC2)cc1. The number of nitrogens with one attached hydrogen (secondary N) is 1. The van der Waals surface area contributed by atoms with E-state index in [0.29, 0.717) is 31.0 Å². The van der Waals surface area contributed by atoms with Crippen LogP contribution in [0.5, 0.6) is 11.5 Å². The Morgan fingerprint density at radius 3 is 2.25 bits per heavy atom. The second-order valence-corrected chi connectivity index (χ2v) is 6.69. The van der Waals surface area contributed by atoms with Crippen molar-refractivity contribution < 1.29 is 19.1 Å². The largest absolute Gasteiger partial charge is 0.494 e. The maximum Gasteiger partial charge on any atom is 0.258 e. The van der Waals surface area contributed by atoms with Gasteiger partial charge in [0.1, 0.15) is 11.5 Å². The smallest absolute Gasteiger partial charge is 0.258 e. The number of amides is 2. The van der Waals surface area contributed by atoms with Gasteiger partial charge in [-0.25, -0.2) is 0 Å². The molecule has 0 radical (unpaired) electrons. The quantitative estimate of drug-likeness (QED) is 0.800. The van der Waals surface area contributed by atoms with Crippen molar-refractivity contribution in [2.24, 2.45) is 0 Å². The van der Waals surface area contributed by atoms with Gasteiger partial charge in [0.25, 0.3) is 11.8 Å². The first-order valence-corrected chi connectivity index (χ1v) is 9.65. The summed E-state index contributed by atoms with van der Waals surface area (Å²) in [4.78, 5) is 26.5. The summed E-state index contributed by atoms with van der Waals surface area (Å²) < 4.78 is 10.9. The van der Waals surface area contributed by atoms with Gasteiger partial charge in [0.05, 0.1) is 6.61 Å². The zero-order valence-corrected chi connectivity index (χ0v) is 16.1. The zero-order valence-electron chi connectivity index (χ0n) is 16.1. The molecule has 2 aromatic carbocycles. The Labute approximate surface area is 165 Å². The summed E-state index contributed by atoms with van der Waals surface area (Å²) in [6.45, 7) is 3.76. The van der Waals surface area contributed by atoms with Gasteiger partial charge in [-0.3, -0.25) is 9.59 Å². The lowest BCUT2D eigenvalue weighted by Gasteiger charge is -2.32. The predicted molar refractivity (Wildman–Crippen MR) is 107 cm³/mol. The number of piperidine rings is 1. The van der Waals surface area contributed by atoms with Gasteiger partial charge in [-0.05, 0) is 56.2 Å². The molecule has 28 heavy (non-hydrogen) atoms. The molecule has 1 aliphatic rings. The fourth-order valence-corrected chi connectivity index (χ4v) is 3.20. The average Bonchev–Trinajstić information content (AvgIpc) is 2.74. The van der Waals surface area contributed by atoms with Crippen molar-refractivity contribution in [3.8, 4) is 11.5 Å². The number of hydrogen-bond acceptors (Lipinski definition) is 4. The first-order valence-electron chi connectivity index (χ1n) is 9.65. The molecule has 6 nitrogen and oxygen atoms in total. The van der Waals surface area contributed by atoms with E-state index >= 15 is 0 Å². The minimum Gasteiger partial charge on any atom is -0.494 e. The van der Waals surface area contributed by atoms with Crippen LogP contribution in [-0.4, -0.2) is 49.1 Å². The van der Waals surface area contributed by atoms with Gasteiger partial charge in [0.2, 0.25) is 0 Å². The molecule has 1 heterocycles. The number of carbonyl (C=O) groups is 2. The second-order valence-electron chi connectivity index (χ2n) is 6.69. The molecule has 1 aliphatic heterocycles. The fourth-order valence-electron chi connectivity index (χ4n) is 3.20. The Kier molecular flexibility index (Phi) is 6.89. The number of carbonyl (C=O) groups excluding carboxylic acids is 2. The van der Waals surface area contributed by atoms with Crippen molar-refractivity contribution in [2.45, 2.75) is 25.8 Å². The van der Waals surface area contributed by atoms with E-state index in [1.165, 1.54) is 0 Å². The molecule has 6 heteroatoms. The van der Waals surface area contributed by atoms with E-state index < -0.39 is 0 Å². The maximum atomic E-state index is 12.6. The molecule has 1 fully saturated rings. The standard InChI is InChI=1S/C22H26N2O4/c1-2-27-20-10-8-17(9-11-20)22(26)24-14-12-18(13-15-24)23-21(25)16-28-19-6-4-3-5-7-19/h3-11,18H,2,12-16H2,1H3,(H,23,25). The summed E-state index contributed by atoms with van der Waals surface area (Å²) in [5.41, 5.74) is 0.655. The summed E-state index contributed by atoms with van der Waals surface area (Å²) in [5.74, 6) is 1.31. The predicted octanol–water partition coefficient (Wildman–Crippen LogP) is 2.89. The van der Waals surface area contributed by atoms with E-state index in [2.05, 4.69) is 5.32 Å². The lowest BCUT2D eigenvalue weighted by molar-refractivity contribution is -0.124. The van der Waals surface area contributed by atoms with Crippen LogP contribution in [0.1, 0.15) is 30.1 Å². The Morgan fingerprint density at radius 1 is 0.964 bits per heavy atom. The molecule has 0 bridgehead atoms. The molecule has 0 aliphatic carbocycles. The van der Waals surface area contributed by atoms with Gasteiger partial charge in [0, 0.05) is 24.7 Å². The van der Waals surface area contributed by atoms with Crippen LogP contribution in [0.15, 0.2) is 54.6 Å². The zero-order chi connectivity index (χ0) is 19.8. The molecule has 1 N–H and O–H groups in total. The van der Waals surface area contributed by atoms with Crippen molar-refractivity contribution >= 4 is 11.8 Å². The minimum absolute atomic E-state index is 0.00463. The fraction of sp³-hybridized carbons (Fsp3) is 0.364. The van der Waals surface area contributed by atoms with Gasteiger partial charge < -0.3 is 19.7 Å². The van der Waals surface area contributed by atoms with Crippen molar-refractivity contribution in [2.75, 3.05) is 26.3 Å². The number of rotatable bonds is 7. The Morgan fingerprint density at radius 2 is 1.61 bits per heavy atom. The first kappa shape index (κ1) is 19.7. The van der Waals surface area contributed by atoms with Crippen molar-refractivity contribution in [1.82, 2.24) is 10.2 Å². The molecule has 0 saturated carbocycles. The highest BCUT2D eigenvalue weighted by Crippen LogP contribution is 2.17. The van der Waals surface area contributed by atoms with Crippen LogP contribution >= 0.6 is 0 Å². The summed E-state index contributed by atoms with van der Waals surface area (Å²) in [6, 6.07) is 16.5. The van der Waals surface area contributed by atoms with Gasteiger partial charge in [0.15, 0.2) is 6.61 Å². The minimum atomic E-state index is -0.139.